The lowest BCUT2D eigenvalue weighted by atomic mass is 10.1. The quantitative estimate of drug-likeness (QED) is 0.225. The maximum Gasteiger partial charge on any atom is 0.251 e. The molecule has 0 radical (unpaired) electrons. The van der Waals surface area contributed by atoms with Crippen molar-refractivity contribution >= 4 is 47.2 Å². The molecule has 2 aromatic rings. The van der Waals surface area contributed by atoms with Crippen LogP contribution in [0.5, 0.6) is 5.75 Å². The summed E-state index contributed by atoms with van der Waals surface area (Å²) in [6, 6.07) is 9.17. The number of nitrogens with zero attached hydrogens (tertiary/aromatic N) is 1. The van der Waals surface area contributed by atoms with E-state index < -0.39 is 0 Å². The molecule has 6 nitrogen and oxygen atoms in total. The highest BCUT2D eigenvalue weighted by Gasteiger charge is 2.07. The van der Waals surface area contributed by atoms with Crippen LogP contribution in [0.4, 0.5) is 0 Å². The van der Waals surface area contributed by atoms with Gasteiger partial charge in [-0.1, -0.05) is 6.92 Å². The van der Waals surface area contributed by atoms with E-state index in [1.165, 1.54) is 5.56 Å². The van der Waals surface area contributed by atoms with Crippen molar-refractivity contribution < 1.29 is 9.53 Å². The van der Waals surface area contributed by atoms with Crippen LogP contribution in [0.3, 0.4) is 0 Å². The van der Waals surface area contributed by atoms with Gasteiger partial charge in [0.2, 0.25) is 0 Å². The molecule has 0 spiro atoms. The highest BCUT2D eigenvalue weighted by atomic mass is 127. The second-order valence-corrected chi connectivity index (χ2v) is 6.60. The molecule has 1 atom stereocenters. The molecular formula is C19H27IN4O2S. The van der Waals surface area contributed by atoms with Crippen molar-refractivity contribution in [3.8, 4) is 5.75 Å². The Morgan fingerprint density at radius 2 is 1.85 bits per heavy atom. The van der Waals surface area contributed by atoms with Crippen molar-refractivity contribution in [2.45, 2.75) is 12.8 Å². The third kappa shape index (κ3) is 7.76. The zero-order valence-electron chi connectivity index (χ0n) is 15.8. The fourth-order valence-electron chi connectivity index (χ4n) is 2.35. The van der Waals surface area contributed by atoms with Gasteiger partial charge in [-0.3, -0.25) is 9.79 Å². The molecule has 1 aromatic heterocycles. The number of aliphatic imine (C=N–C) groups is 1. The van der Waals surface area contributed by atoms with Crippen molar-refractivity contribution in [3.05, 3.63) is 52.2 Å². The Morgan fingerprint density at radius 1 is 1.15 bits per heavy atom. The van der Waals surface area contributed by atoms with E-state index >= 15 is 0 Å². The third-order valence-electron chi connectivity index (χ3n) is 3.97. The van der Waals surface area contributed by atoms with Crippen molar-refractivity contribution in [3.63, 3.8) is 0 Å². The van der Waals surface area contributed by atoms with Crippen LogP contribution in [0.15, 0.2) is 46.1 Å². The minimum Gasteiger partial charge on any atom is -0.497 e. The molecule has 0 saturated carbocycles. The number of carbonyl (C=O) groups excluding carboxylic acids is 1. The standard InChI is InChI=1S/C19H26N4O2S.HI/c1-14(16-8-11-26-13-16)12-23-19(20-2)22-10-9-21-18(24)15-4-6-17(25-3)7-5-15;/h4-8,11,13-14H,9-10,12H2,1-3H3,(H,21,24)(H2,20,22,23);1H. The SMILES string of the molecule is CN=C(NCCNC(=O)c1ccc(OC)cc1)NCC(C)c1ccsc1.I. The van der Waals surface area contributed by atoms with E-state index in [-0.39, 0.29) is 29.9 Å². The number of amides is 1. The molecule has 3 N–H and O–H groups in total. The monoisotopic (exact) mass is 502 g/mol. The lowest BCUT2D eigenvalue weighted by Gasteiger charge is -2.15. The van der Waals surface area contributed by atoms with Crippen LogP contribution in [0, 0.1) is 0 Å². The normalized spacial score (nSPS) is 11.9. The average Bonchev–Trinajstić information content (AvgIpc) is 3.22. The smallest absolute Gasteiger partial charge is 0.251 e. The van der Waals surface area contributed by atoms with Crippen LogP contribution in [0.1, 0.15) is 28.8 Å². The fraction of sp³-hybridized carbons (Fsp3) is 0.368. The van der Waals surface area contributed by atoms with Crippen LogP contribution in [0.2, 0.25) is 0 Å². The van der Waals surface area contributed by atoms with Gasteiger partial charge in [-0.25, -0.2) is 0 Å². The third-order valence-corrected chi connectivity index (χ3v) is 4.67. The van der Waals surface area contributed by atoms with Crippen LogP contribution in [-0.2, 0) is 0 Å². The molecule has 0 aliphatic carbocycles. The summed E-state index contributed by atoms with van der Waals surface area (Å²) in [6.07, 6.45) is 0. The first-order valence-corrected chi connectivity index (χ1v) is 9.47. The summed E-state index contributed by atoms with van der Waals surface area (Å²) in [5, 5.41) is 13.6. The molecular weight excluding hydrogens is 475 g/mol. The number of guanidine groups is 1. The number of rotatable bonds is 8. The van der Waals surface area contributed by atoms with Crippen molar-refractivity contribution in [2.24, 2.45) is 4.99 Å². The molecule has 148 valence electrons. The van der Waals surface area contributed by atoms with Crippen LogP contribution in [-0.4, -0.2) is 45.7 Å². The second-order valence-electron chi connectivity index (χ2n) is 5.82. The number of methoxy groups -OCH3 is 1. The van der Waals surface area contributed by atoms with E-state index in [0.29, 0.717) is 24.6 Å². The summed E-state index contributed by atoms with van der Waals surface area (Å²) < 4.78 is 5.09. The van der Waals surface area contributed by atoms with Gasteiger partial charge in [-0.15, -0.1) is 24.0 Å². The number of nitrogens with one attached hydrogen (secondary N) is 3. The highest BCUT2D eigenvalue weighted by molar-refractivity contribution is 14.0. The average molecular weight is 502 g/mol. The largest absolute Gasteiger partial charge is 0.497 e. The van der Waals surface area contributed by atoms with E-state index in [2.05, 4.69) is 44.7 Å². The Hall–Kier alpha value is -1.81. The van der Waals surface area contributed by atoms with Gasteiger partial charge in [0.1, 0.15) is 5.75 Å². The summed E-state index contributed by atoms with van der Waals surface area (Å²) in [4.78, 5) is 16.3. The Bertz CT molecular complexity index is 705. The fourth-order valence-corrected chi connectivity index (χ4v) is 3.13. The van der Waals surface area contributed by atoms with Crippen molar-refractivity contribution in [1.29, 1.82) is 0 Å². The van der Waals surface area contributed by atoms with Gasteiger partial charge in [0, 0.05) is 32.2 Å². The summed E-state index contributed by atoms with van der Waals surface area (Å²) in [7, 11) is 3.34. The number of hydrogen-bond acceptors (Lipinski definition) is 4. The molecule has 2 rings (SSSR count). The number of thiophene rings is 1. The molecule has 1 heterocycles. The van der Waals surface area contributed by atoms with E-state index in [1.54, 1.807) is 49.8 Å². The van der Waals surface area contributed by atoms with Gasteiger partial charge in [0.05, 0.1) is 7.11 Å². The van der Waals surface area contributed by atoms with E-state index in [9.17, 15) is 4.79 Å². The van der Waals surface area contributed by atoms with Gasteiger partial charge < -0.3 is 20.7 Å². The zero-order valence-corrected chi connectivity index (χ0v) is 19.0. The Balaban J connectivity index is 0.00000364. The minimum absolute atomic E-state index is 0. The topological polar surface area (TPSA) is 74.8 Å². The van der Waals surface area contributed by atoms with Gasteiger partial charge in [0.15, 0.2) is 5.96 Å². The Kier molecular flexibility index (Phi) is 10.8. The minimum atomic E-state index is -0.108. The van der Waals surface area contributed by atoms with Crippen molar-refractivity contribution in [1.82, 2.24) is 16.0 Å². The van der Waals surface area contributed by atoms with E-state index in [1.807, 2.05) is 0 Å². The summed E-state index contributed by atoms with van der Waals surface area (Å²) in [5.41, 5.74) is 1.93. The molecule has 0 saturated heterocycles. The first kappa shape index (κ1) is 23.2. The lowest BCUT2D eigenvalue weighted by molar-refractivity contribution is 0.0954. The maximum absolute atomic E-state index is 12.1. The van der Waals surface area contributed by atoms with Crippen molar-refractivity contribution in [2.75, 3.05) is 33.8 Å². The molecule has 27 heavy (non-hydrogen) atoms. The first-order valence-electron chi connectivity index (χ1n) is 8.53. The molecule has 8 heteroatoms. The number of benzene rings is 1. The number of halogens is 1. The summed E-state index contributed by atoms with van der Waals surface area (Å²) in [5.74, 6) is 1.76. The highest BCUT2D eigenvalue weighted by Crippen LogP contribution is 2.16. The Morgan fingerprint density at radius 3 is 2.44 bits per heavy atom. The van der Waals surface area contributed by atoms with Gasteiger partial charge in [-0.2, -0.15) is 11.3 Å². The van der Waals surface area contributed by atoms with Crippen LogP contribution in [0.25, 0.3) is 0 Å². The predicted octanol–water partition coefficient (Wildman–Crippen LogP) is 3.07. The summed E-state index contributed by atoms with van der Waals surface area (Å²) >= 11 is 1.71. The first-order chi connectivity index (χ1) is 12.6. The van der Waals surface area contributed by atoms with Gasteiger partial charge in [-0.05, 0) is 52.6 Å². The molecule has 0 aliphatic rings. The number of hydrogen-bond donors (Lipinski definition) is 3. The van der Waals surface area contributed by atoms with Gasteiger partial charge in [0.25, 0.3) is 5.91 Å². The molecule has 1 aromatic carbocycles. The van der Waals surface area contributed by atoms with E-state index in [0.717, 1.165) is 18.3 Å². The molecule has 1 unspecified atom stereocenters. The molecule has 0 bridgehead atoms. The molecule has 1 amide bonds. The zero-order chi connectivity index (χ0) is 18.8. The maximum atomic E-state index is 12.1. The second kappa shape index (κ2) is 12.6. The van der Waals surface area contributed by atoms with E-state index in [4.69, 9.17) is 4.74 Å². The van der Waals surface area contributed by atoms with Crippen LogP contribution >= 0.6 is 35.3 Å². The number of carbonyl (C=O) groups is 1. The summed E-state index contributed by atoms with van der Waals surface area (Å²) in [6.45, 7) is 4.08. The Labute approximate surface area is 181 Å². The molecule has 0 aliphatic heterocycles. The molecule has 0 fully saturated rings. The lowest BCUT2D eigenvalue weighted by Crippen LogP contribution is -2.42. The van der Waals surface area contributed by atoms with Gasteiger partial charge >= 0.3 is 0 Å². The number of ether oxygens (including phenoxy) is 1. The predicted molar refractivity (Wildman–Crippen MR) is 123 cm³/mol. The van der Waals surface area contributed by atoms with Crippen LogP contribution < -0.4 is 20.7 Å².